The van der Waals surface area contributed by atoms with E-state index in [4.69, 9.17) is 13.6 Å². The van der Waals surface area contributed by atoms with Crippen molar-refractivity contribution >= 4 is 30.9 Å². The Hall–Kier alpha value is -0.173. The molecule has 1 rings (SSSR count). The normalized spacial score (nSPS) is 12.6. The Morgan fingerprint density at radius 1 is 1.05 bits per heavy atom. The van der Waals surface area contributed by atoms with Crippen LogP contribution in [-0.4, -0.2) is 15.4 Å². The summed E-state index contributed by atoms with van der Waals surface area (Å²) in [4.78, 5) is 0. The third-order valence-electron chi connectivity index (χ3n) is 3.87. The number of ether oxygens (including phenoxy) is 1. The lowest BCUT2D eigenvalue weighted by atomic mass is 10.5. The molecule has 19 heavy (non-hydrogen) atoms. The van der Waals surface area contributed by atoms with Crippen LogP contribution in [0, 0.1) is 3.57 Å². The summed E-state index contributed by atoms with van der Waals surface area (Å²) < 4.78 is 18.2. The second kappa shape index (κ2) is 6.52. The Balaban J connectivity index is 3.17. The van der Waals surface area contributed by atoms with Crippen molar-refractivity contribution in [2.24, 2.45) is 0 Å². The fraction of sp³-hybridized carbons (Fsp3) is 0.714. The summed E-state index contributed by atoms with van der Waals surface area (Å²) in [5.74, 6) is 1.37. The second-order valence-corrected chi connectivity index (χ2v) is 12.3. The van der Waals surface area contributed by atoms with Gasteiger partial charge in [0.15, 0.2) is 5.75 Å². The third kappa shape index (κ3) is 3.12. The van der Waals surface area contributed by atoms with E-state index in [1.807, 2.05) is 0 Å². The summed E-state index contributed by atoms with van der Waals surface area (Å²) in [7, 11) is -0.306. The summed E-state index contributed by atoms with van der Waals surface area (Å²) in [5, 5.41) is 0. The topological polar surface area (TPSA) is 31.6 Å². The first-order valence-corrected chi connectivity index (χ1v) is 9.99. The van der Waals surface area contributed by atoms with E-state index in [0.29, 0.717) is 22.6 Å². The standard InChI is InChI=1S/C14H25IO3Si/c1-9(2)19(10(3)4,11(5)6)18-14-13(15)12(16-7)8-17-14/h8-11H,1-7H3. The summed E-state index contributed by atoms with van der Waals surface area (Å²) in [6, 6.07) is 0. The lowest BCUT2D eigenvalue weighted by Gasteiger charge is -2.41. The van der Waals surface area contributed by atoms with Gasteiger partial charge in [0.2, 0.25) is 0 Å². The molecule has 0 amide bonds. The predicted octanol–water partition coefficient (Wildman–Crippen LogP) is 5.45. The zero-order valence-electron chi connectivity index (χ0n) is 12.9. The van der Waals surface area contributed by atoms with E-state index in [9.17, 15) is 0 Å². The Labute approximate surface area is 131 Å². The van der Waals surface area contributed by atoms with Crippen molar-refractivity contribution in [2.45, 2.75) is 58.2 Å². The van der Waals surface area contributed by atoms with Gasteiger partial charge in [0.1, 0.15) is 9.83 Å². The maximum absolute atomic E-state index is 6.48. The molecule has 0 aliphatic carbocycles. The van der Waals surface area contributed by atoms with E-state index in [-0.39, 0.29) is 0 Å². The van der Waals surface area contributed by atoms with Gasteiger partial charge in [-0.2, -0.15) is 0 Å². The van der Waals surface area contributed by atoms with Crippen molar-refractivity contribution in [1.82, 2.24) is 0 Å². The molecule has 0 aliphatic heterocycles. The molecule has 3 nitrogen and oxygen atoms in total. The quantitative estimate of drug-likeness (QED) is 0.474. The lowest BCUT2D eigenvalue weighted by Crippen LogP contribution is -2.50. The summed E-state index contributed by atoms with van der Waals surface area (Å²) >= 11 is 2.22. The zero-order chi connectivity index (χ0) is 14.8. The van der Waals surface area contributed by atoms with Gasteiger partial charge in [-0.1, -0.05) is 41.5 Å². The fourth-order valence-corrected chi connectivity index (χ4v) is 9.00. The SMILES string of the molecule is COc1coc(O[Si](C(C)C)(C(C)C)C(C)C)c1I. The first-order valence-electron chi connectivity index (χ1n) is 6.77. The minimum Gasteiger partial charge on any atom is -0.517 e. The van der Waals surface area contributed by atoms with Gasteiger partial charge < -0.3 is 13.6 Å². The molecule has 0 N–H and O–H groups in total. The molecule has 0 radical (unpaired) electrons. The molecule has 1 aromatic rings. The maximum Gasteiger partial charge on any atom is 0.288 e. The third-order valence-corrected chi connectivity index (χ3v) is 10.8. The van der Waals surface area contributed by atoms with Gasteiger partial charge in [0.05, 0.1) is 7.11 Å². The fourth-order valence-electron chi connectivity index (χ4n) is 3.03. The first kappa shape index (κ1) is 16.9. The first-order chi connectivity index (χ1) is 8.77. The van der Waals surface area contributed by atoms with E-state index >= 15 is 0 Å². The number of hydrogen-bond donors (Lipinski definition) is 0. The monoisotopic (exact) mass is 396 g/mol. The van der Waals surface area contributed by atoms with Gasteiger partial charge in [-0.15, -0.1) is 0 Å². The molecule has 0 saturated carbocycles. The highest BCUT2D eigenvalue weighted by atomic mass is 127. The van der Waals surface area contributed by atoms with Crippen LogP contribution in [0.4, 0.5) is 0 Å². The average molecular weight is 396 g/mol. The van der Waals surface area contributed by atoms with Crippen molar-refractivity contribution < 1.29 is 13.6 Å². The highest BCUT2D eigenvalue weighted by Crippen LogP contribution is 2.45. The summed E-state index contributed by atoms with van der Waals surface area (Å²) in [6.07, 6.45) is 1.62. The molecule has 110 valence electrons. The molecule has 0 bridgehead atoms. The van der Waals surface area contributed by atoms with Gasteiger partial charge in [-0.05, 0) is 39.2 Å². The Morgan fingerprint density at radius 2 is 1.53 bits per heavy atom. The molecule has 0 atom stereocenters. The van der Waals surface area contributed by atoms with E-state index in [1.165, 1.54) is 0 Å². The number of rotatable bonds is 6. The van der Waals surface area contributed by atoms with Crippen LogP contribution in [0.15, 0.2) is 10.7 Å². The minimum absolute atomic E-state index is 0.527. The zero-order valence-corrected chi connectivity index (χ0v) is 16.1. The molecule has 0 aliphatic rings. The maximum atomic E-state index is 6.48. The van der Waals surface area contributed by atoms with Crippen LogP contribution < -0.4 is 9.16 Å². The van der Waals surface area contributed by atoms with E-state index < -0.39 is 8.32 Å². The van der Waals surface area contributed by atoms with Crippen LogP contribution in [-0.2, 0) is 0 Å². The molecule has 0 fully saturated rings. The Bertz CT molecular complexity index is 391. The Morgan fingerprint density at radius 3 is 1.84 bits per heavy atom. The predicted molar refractivity (Wildman–Crippen MR) is 89.7 cm³/mol. The van der Waals surface area contributed by atoms with Crippen molar-refractivity contribution in [3.05, 3.63) is 9.83 Å². The van der Waals surface area contributed by atoms with Crippen LogP contribution in [0.25, 0.3) is 0 Å². The highest BCUT2D eigenvalue weighted by Gasteiger charge is 2.48. The van der Waals surface area contributed by atoms with Crippen molar-refractivity contribution in [3.8, 4) is 11.7 Å². The molecular formula is C14H25IO3Si. The molecule has 1 heterocycles. The minimum atomic E-state index is -1.95. The molecule has 1 aromatic heterocycles. The Kier molecular flexibility index (Phi) is 5.79. The van der Waals surface area contributed by atoms with E-state index in [0.717, 1.165) is 9.32 Å². The van der Waals surface area contributed by atoms with Crippen LogP contribution in [0.1, 0.15) is 41.5 Å². The van der Waals surface area contributed by atoms with Gasteiger partial charge in [-0.25, -0.2) is 0 Å². The number of hydrogen-bond acceptors (Lipinski definition) is 3. The molecule has 0 unspecified atom stereocenters. The van der Waals surface area contributed by atoms with Crippen LogP contribution in [0.5, 0.6) is 11.7 Å². The largest absolute Gasteiger partial charge is 0.517 e. The van der Waals surface area contributed by atoms with Gasteiger partial charge in [0, 0.05) is 0 Å². The van der Waals surface area contributed by atoms with Crippen molar-refractivity contribution in [1.29, 1.82) is 0 Å². The molecule has 5 heteroatoms. The smallest absolute Gasteiger partial charge is 0.288 e. The molecular weight excluding hydrogens is 371 g/mol. The van der Waals surface area contributed by atoms with Gasteiger partial charge >= 0.3 is 0 Å². The highest BCUT2D eigenvalue weighted by molar-refractivity contribution is 14.1. The van der Waals surface area contributed by atoms with Crippen molar-refractivity contribution in [2.75, 3.05) is 7.11 Å². The van der Waals surface area contributed by atoms with Gasteiger partial charge in [0.25, 0.3) is 14.3 Å². The van der Waals surface area contributed by atoms with Gasteiger partial charge in [-0.3, -0.25) is 0 Å². The molecule has 0 saturated heterocycles. The lowest BCUT2D eigenvalue weighted by molar-refractivity contribution is 0.353. The summed E-state index contributed by atoms with van der Waals surface area (Å²) in [5.41, 5.74) is 1.58. The number of halogens is 1. The van der Waals surface area contributed by atoms with E-state index in [2.05, 4.69) is 64.1 Å². The molecule has 0 spiro atoms. The molecule has 0 aromatic carbocycles. The van der Waals surface area contributed by atoms with E-state index in [1.54, 1.807) is 13.4 Å². The number of methoxy groups -OCH3 is 1. The van der Waals surface area contributed by atoms with Crippen molar-refractivity contribution in [3.63, 3.8) is 0 Å². The van der Waals surface area contributed by atoms with Crippen LogP contribution in [0.2, 0.25) is 16.6 Å². The van der Waals surface area contributed by atoms with Crippen LogP contribution in [0.3, 0.4) is 0 Å². The number of furan rings is 1. The van der Waals surface area contributed by atoms with Crippen LogP contribution >= 0.6 is 22.6 Å². The average Bonchev–Trinajstić information content (AvgIpc) is 2.65. The second-order valence-electron chi connectivity index (χ2n) is 5.83. The summed E-state index contributed by atoms with van der Waals surface area (Å²) in [6.45, 7) is 13.6.